The van der Waals surface area contributed by atoms with Gasteiger partial charge in [0.1, 0.15) is 0 Å². The highest BCUT2D eigenvalue weighted by atomic mass is 19.1. The number of phenols is 1. The number of benzene rings is 1. The summed E-state index contributed by atoms with van der Waals surface area (Å²) < 4.78 is 12.6. The summed E-state index contributed by atoms with van der Waals surface area (Å²) in [5.74, 6) is 1.41. The molecule has 0 unspecified atom stereocenters. The van der Waals surface area contributed by atoms with Crippen LogP contribution in [0.3, 0.4) is 0 Å². The molecule has 1 aromatic carbocycles. The van der Waals surface area contributed by atoms with Crippen LogP contribution in [-0.2, 0) is 6.42 Å². The summed E-state index contributed by atoms with van der Waals surface area (Å²) in [4.78, 5) is 0. The van der Waals surface area contributed by atoms with Gasteiger partial charge in [0.05, 0.1) is 0 Å². The summed E-state index contributed by atoms with van der Waals surface area (Å²) >= 11 is 0. The van der Waals surface area contributed by atoms with Gasteiger partial charge in [-0.05, 0) is 17.7 Å². The molecule has 0 amide bonds. The highest BCUT2D eigenvalue weighted by Gasteiger charge is 1.99. The van der Waals surface area contributed by atoms with Gasteiger partial charge in [0.25, 0.3) is 0 Å². The second-order valence-corrected chi connectivity index (χ2v) is 2.17. The molecule has 0 aliphatic carbocycles. The average molecular weight is 150 g/mol. The summed E-state index contributed by atoms with van der Waals surface area (Å²) in [7, 11) is 0. The normalized spacial score (nSPS) is 9.09. The van der Waals surface area contributed by atoms with Gasteiger partial charge in [-0.3, -0.25) is 0 Å². The van der Waals surface area contributed by atoms with E-state index in [0.717, 1.165) is 0 Å². The minimum Gasteiger partial charge on any atom is -0.505 e. The van der Waals surface area contributed by atoms with Crippen molar-refractivity contribution in [1.29, 1.82) is 0 Å². The lowest BCUT2D eigenvalue weighted by atomic mass is 10.1. The van der Waals surface area contributed by atoms with Gasteiger partial charge in [-0.2, -0.15) is 0 Å². The van der Waals surface area contributed by atoms with E-state index in [2.05, 4.69) is 5.92 Å². The molecule has 0 saturated carbocycles. The maximum atomic E-state index is 12.6. The van der Waals surface area contributed by atoms with E-state index in [0.29, 0.717) is 12.0 Å². The van der Waals surface area contributed by atoms with E-state index in [1.165, 1.54) is 12.1 Å². The monoisotopic (exact) mass is 150 g/mol. The summed E-state index contributed by atoms with van der Waals surface area (Å²) in [6, 6.07) is 4.12. The second-order valence-electron chi connectivity index (χ2n) is 2.17. The standard InChI is InChI=1S/C9H7FO/c1-2-3-7-4-5-9(11)8(10)6-7/h1,4-6,11H,3H2. The van der Waals surface area contributed by atoms with E-state index in [1.54, 1.807) is 6.07 Å². The molecule has 0 aliphatic heterocycles. The quantitative estimate of drug-likeness (QED) is 0.604. The summed E-state index contributed by atoms with van der Waals surface area (Å²) in [5.41, 5.74) is 0.697. The van der Waals surface area contributed by atoms with Crippen molar-refractivity contribution in [3.05, 3.63) is 29.6 Å². The Bertz CT molecular complexity index is 299. The fraction of sp³-hybridized carbons (Fsp3) is 0.111. The Kier molecular flexibility index (Phi) is 2.12. The van der Waals surface area contributed by atoms with Crippen molar-refractivity contribution in [2.45, 2.75) is 6.42 Å². The van der Waals surface area contributed by atoms with Crippen molar-refractivity contribution < 1.29 is 9.50 Å². The molecule has 0 heterocycles. The number of rotatable bonds is 1. The van der Waals surface area contributed by atoms with E-state index in [4.69, 9.17) is 11.5 Å². The van der Waals surface area contributed by atoms with Crippen LogP contribution in [0.1, 0.15) is 5.56 Å². The van der Waals surface area contributed by atoms with Crippen LogP contribution in [0.25, 0.3) is 0 Å². The highest BCUT2D eigenvalue weighted by molar-refractivity contribution is 5.29. The van der Waals surface area contributed by atoms with Crippen molar-refractivity contribution >= 4 is 0 Å². The van der Waals surface area contributed by atoms with Gasteiger partial charge in [-0.25, -0.2) is 4.39 Å². The predicted octanol–water partition coefficient (Wildman–Crippen LogP) is 1.71. The van der Waals surface area contributed by atoms with Crippen LogP contribution in [0.2, 0.25) is 0 Å². The lowest BCUT2D eigenvalue weighted by Gasteiger charge is -1.96. The zero-order chi connectivity index (χ0) is 8.27. The van der Waals surface area contributed by atoms with Crippen LogP contribution < -0.4 is 0 Å². The Labute approximate surface area is 64.5 Å². The van der Waals surface area contributed by atoms with Crippen molar-refractivity contribution in [3.8, 4) is 18.1 Å². The van der Waals surface area contributed by atoms with E-state index in [-0.39, 0.29) is 5.75 Å². The van der Waals surface area contributed by atoms with Crippen LogP contribution in [0.4, 0.5) is 4.39 Å². The second kappa shape index (κ2) is 3.07. The first-order valence-electron chi connectivity index (χ1n) is 3.15. The third kappa shape index (κ3) is 1.71. The van der Waals surface area contributed by atoms with Crippen LogP contribution >= 0.6 is 0 Å². The number of hydrogen-bond acceptors (Lipinski definition) is 1. The molecule has 1 rings (SSSR count). The molecule has 1 aromatic rings. The molecule has 11 heavy (non-hydrogen) atoms. The van der Waals surface area contributed by atoms with Crippen LogP contribution in [-0.4, -0.2) is 5.11 Å². The Morgan fingerprint density at radius 1 is 1.55 bits per heavy atom. The highest BCUT2D eigenvalue weighted by Crippen LogP contribution is 2.15. The summed E-state index contributed by atoms with van der Waals surface area (Å²) in [5, 5.41) is 8.79. The Morgan fingerprint density at radius 2 is 2.27 bits per heavy atom. The molecule has 56 valence electrons. The molecule has 0 fully saturated rings. The topological polar surface area (TPSA) is 20.2 Å². The molecular weight excluding hydrogens is 143 g/mol. The van der Waals surface area contributed by atoms with Gasteiger partial charge in [0, 0.05) is 6.42 Å². The molecule has 1 N–H and O–H groups in total. The third-order valence-corrected chi connectivity index (χ3v) is 1.32. The van der Waals surface area contributed by atoms with Crippen molar-refractivity contribution in [3.63, 3.8) is 0 Å². The lowest BCUT2D eigenvalue weighted by Crippen LogP contribution is -1.83. The number of phenolic OH excluding ortho intramolecular Hbond substituents is 1. The maximum Gasteiger partial charge on any atom is 0.165 e. The fourth-order valence-electron chi connectivity index (χ4n) is 0.778. The number of hydrogen-bond donors (Lipinski definition) is 1. The first kappa shape index (κ1) is 7.62. The van der Waals surface area contributed by atoms with Gasteiger partial charge >= 0.3 is 0 Å². The molecule has 0 radical (unpaired) electrons. The SMILES string of the molecule is C#CCc1ccc(O)c(F)c1. The minimum atomic E-state index is -0.627. The van der Waals surface area contributed by atoms with Gasteiger partial charge in [-0.15, -0.1) is 12.3 Å². The predicted molar refractivity (Wildman–Crippen MR) is 40.6 cm³/mol. The van der Waals surface area contributed by atoms with Crippen LogP contribution in [0, 0.1) is 18.2 Å². The maximum absolute atomic E-state index is 12.6. The average Bonchev–Trinajstić information content (AvgIpc) is 1.98. The first-order chi connectivity index (χ1) is 5.24. The Balaban J connectivity index is 2.98. The summed E-state index contributed by atoms with van der Waals surface area (Å²) in [6.07, 6.45) is 5.40. The Morgan fingerprint density at radius 3 is 2.82 bits per heavy atom. The molecule has 0 atom stereocenters. The van der Waals surface area contributed by atoms with Gasteiger partial charge in [0.2, 0.25) is 0 Å². The van der Waals surface area contributed by atoms with E-state index < -0.39 is 5.82 Å². The van der Waals surface area contributed by atoms with Gasteiger partial charge in [0.15, 0.2) is 11.6 Å². The molecule has 1 nitrogen and oxygen atoms in total. The van der Waals surface area contributed by atoms with E-state index in [1.807, 2.05) is 0 Å². The van der Waals surface area contributed by atoms with Crippen molar-refractivity contribution in [2.24, 2.45) is 0 Å². The van der Waals surface area contributed by atoms with Gasteiger partial charge < -0.3 is 5.11 Å². The van der Waals surface area contributed by atoms with Crippen molar-refractivity contribution in [2.75, 3.05) is 0 Å². The largest absolute Gasteiger partial charge is 0.505 e. The molecule has 0 aromatic heterocycles. The molecule has 0 spiro atoms. The van der Waals surface area contributed by atoms with Gasteiger partial charge in [-0.1, -0.05) is 6.07 Å². The lowest BCUT2D eigenvalue weighted by molar-refractivity contribution is 0.432. The minimum absolute atomic E-state index is 0.342. The van der Waals surface area contributed by atoms with E-state index >= 15 is 0 Å². The Hall–Kier alpha value is -1.49. The number of aromatic hydroxyl groups is 1. The van der Waals surface area contributed by atoms with Crippen LogP contribution in [0.15, 0.2) is 18.2 Å². The summed E-state index contributed by atoms with van der Waals surface area (Å²) in [6.45, 7) is 0. The zero-order valence-electron chi connectivity index (χ0n) is 5.84. The number of terminal acetylenes is 1. The zero-order valence-corrected chi connectivity index (χ0v) is 5.84. The molecule has 2 heteroatoms. The molecule has 0 aliphatic rings. The molecule has 0 saturated heterocycles. The first-order valence-corrected chi connectivity index (χ1v) is 3.15. The van der Waals surface area contributed by atoms with E-state index in [9.17, 15) is 4.39 Å². The molecule has 0 bridgehead atoms. The fourth-order valence-corrected chi connectivity index (χ4v) is 0.778. The third-order valence-electron chi connectivity index (χ3n) is 1.32. The van der Waals surface area contributed by atoms with Crippen LogP contribution in [0.5, 0.6) is 5.75 Å². The van der Waals surface area contributed by atoms with Crippen molar-refractivity contribution in [1.82, 2.24) is 0 Å². The smallest absolute Gasteiger partial charge is 0.165 e. The number of halogens is 1. The molecular formula is C9H7FO.